The van der Waals surface area contributed by atoms with Crippen LogP contribution in [0.3, 0.4) is 0 Å². The third-order valence-corrected chi connectivity index (χ3v) is 4.87. The van der Waals surface area contributed by atoms with Crippen molar-refractivity contribution in [2.75, 3.05) is 10.6 Å². The fourth-order valence-electron chi connectivity index (χ4n) is 3.28. The van der Waals surface area contributed by atoms with Gasteiger partial charge in [-0.3, -0.25) is 0 Å². The fourth-order valence-corrected chi connectivity index (χ4v) is 3.28. The molecule has 4 rings (SSSR count). The van der Waals surface area contributed by atoms with Gasteiger partial charge in [-0.1, -0.05) is 51.1 Å². The molecule has 162 valence electrons. The highest BCUT2D eigenvalue weighted by atomic mass is 16.5. The first kappa shape index (κ1) is 21.1. The lowest BCUT2D eigenvalue weighted by Crippen LogP contribution is -2.20. The number of anilines is 2. The maximum atomic E-state index is 12.6. The van der Waals surface area contributed by atoms with Crippen molar-refractivity contribution in [3.63, 3.8) is 0 Å². The van der Waals surface area contributed by atoms with E-state index >= 15 is 0 Å². The second-order valence-electron chi connectivity index (χ2n) is 8.33. The number of hydrogen-bond donors (Lipinski definition) is 3. The predicted molar refractivity (Wildman–Crippen MR) is 126 cm³/mol. The molecule has 0 unspecified atom stereocenters. The van der Waals surface area contributed by atoms with E-state index in [-0.39, 0.29) is 11.4 Å². The zero-order chi connectivity index (χ0) is 22.6. The minimum absolute atomic E-state index is 0.0985. The molecule has 4 aromatic rings. The number of hydrogen-bond acceptors (Lipinski definition) is 4. The average Bonchev–Trinajstić information content (AvgIpc) is 3.30. The largest absolute Gasteiger partial charge is 0.437 e. The topological polar surface area (TPSA) is 91.9 Å². The van der Waals surface area contributed by atoms with Gasteiger partial charge in [0.15, 0.2) is 0 Å². The van der Waals surface area contributed by atoms with Crippen LogP contribution in [0.2, 0.25) is 0 Å². The van der Waals surface area contributed by atoms with Crippen molar-refractivity contribution in [2.24, 2.45) is 0 Å². The van der Waals surface area contributed by atoms with Gasteiger partial charge in [-0.15, -0.1) is 0 Å². The van der Waals surface area contributed by atoms with E-state index in [1.54, 1.807) is 30.9 Å². The minimum atomic E-state index is -0.388. The third kappa shape index (κ3) is 4.95. The molecular formula is C25H25N5O2. The highest BCUT2D eigenvalue weighted by Crippen LogP contribution is 2.35. The van der Waals surface area contributed by atoms with Gasteiger partial charge < -0.3 is 20.4 Å². The lowest BCUT2D eigenvalue weighted by atomic mass is 9.86. The van der Waals surface area contributed by atoms with Gasteiger partial charge in [0.2, 0.25) is 5.88 Å². The van der Waals surface area contributed by atoms with Crippen molar-refractivity contribution >= 4 is 17.4 Å². The molecule has 2 heterocycles. The van der Waals surface area contributed by atoms with Crippen molar-refractivity contribution < 1.29 is 9.53 Å². The van der Waals surface area contributed by atoms with Crippen molar-refractivity contribution in [3.05, 3.63) is 84.9 Å². The summed E-state index contributed by atoms with van der Waals surface area (Å²) in [5.41, 5.74) is 3.98. The smallest absolute Gasteiger partial charge is 0.323 e. The number of benzene rings is 2. The summed E-state index contributed by atoms with van der Waals surface area (Å²) < 4.78 is 6.11. The number of carbonyl (C=O) groups excluding carboxylic acids is 1. The van der Waals surface area contributed by atoms with Crippen LogP contribution in [-0.4, -0.2) is 21.0 Å². The van der Waals surface area contributed by atoms with Crippen LogP contribution in [0.15, 0.2) is 79.4 Å². The van der Waals surface area contributed by atoms with E-state index in [1.165, 1.54) is 0 Å². The lowest BCUT2D eigenvalue weighted by Gasteiger charge is -2.22. The summed E-state index contributed by atoms with van der Waals surface area (Å²) in [5, 5.41) is 5.66. The molecule has 0 saturated heterocycles. The Labute approximate surface area is 186 Å². The normalized spacial score (nSPS) is 11.1. The van der Waals surface area contributed by atoms with Crippen LogP contribution >= 0.6 is 0 Å². The van der Waals surface area contributed by atoms with E-state index in [1.807, 2.05) is 48.5 Å². The number of nitrogens with zero attached hydrogens (tertiary/aromatic N) is 2. The third-order valence-electron chi connectivity index (χ3n) is 4.87. The molecule has 0 radical (unpaired) electrons. The molecule has 0 aliphatic heterocycles. The molecule has 0 atom stereocenters. The van der Waals surface area contributed by atoms with Crippen LogP contribution < -0.4 is 15.4 Å². The number of ether oxygens (including phenoxy) is 1. The van der Waals surface area contributed by atoms with Gasteiger partial charge in [-0.25, -0.2) is 14.8 Å². The maximum Gasteiger partial charge on any atom is 0.323 e. The van der Waals surface area contributed by atoms with Gasteiger partial charge in [0.1, 0.15) is 11.4 Å². The summed E-state index contributed by atoms with van der Waals surface area (Å²) in [6.45, 7) is 6.37. The Kier molecular flexibility index (Phi) is 5.89. The molecule has 0 aliphatic carbocycles. The molecule has 0 saturated carbocycles. The van der Waals surface area contributed by atoms with Gasteiger partial charge in [-0.05, 0) is 41.3 Å². The Hall–Kier alpha value is -4.13. The van der Waals surface area contributed by atoms with Crippen molar-refractivity contribution in [1.82, 2.24) is 15.0 Å². The quantitative estimate of drug-likeness (QED) is 0.353. The summed E-state index contributed by atoms with van der Waals surface area (Å²) in [5.74, 6) is 1.03. The number of pyridine rings is 1. The van der Waals surface area contributed by atoms with Gasteiger partial charge in [-0.2, -0.15) is 0 Å². The number of carbonyl (C=O) groups is 1. The Morgan fingerprint density at radius 3 is 2.47 bits per heavy atom. The number of para-hydroxylation sites is 1. The van der Waals surface area contributed by atoms with Crippen LogP contribution in [0.4, 0.5) is 16.2 Å². The van der Waals surface area contributed by atoms with Crippen LogP contribution in [0.25, 0.3) is 11.3 Å². The monoisotopic (exact) mass is 427 g/mol. The molecule has 0 fully saturated rings. The number of rotatable bonds is 5. The molecule has 0 aliphatic rings. The predicted octanol–water partition coefficient (Wildman–Crippen LogP) is 6.21. The molecule has 7 nitrogen and oxygen atoms in total. The molecule has 2 aromatic carbocycles. The SMILES string of the molecule is CC(C)(C)c1ccccc1Oc1ncccc1NC(=O)Nc1ccc(-c2cnc[nH]2)cc1. The van der Waals surface area contributed by atoms with Gasteiger partial charge in [0, 0.05) is 17.4 Å². The molecule has 2 amide bonds. The first-order chi connectivity index (χ1) is 15.4. The standard InChI is InChI=1S/C25H25N5O2/c1-25(2,3)19-7-4-5-9-22(19)32-23-20(8-6-14-27-23)30-24(31)29-18-12-10-17(11-13-18)21-15-26-16-28-21/h4-16H,1-3H3,(H,26,28)(H2,29,30,31). The van der Waals surface area contributed by atoms with Gasteiger partial charge >= 0.3 is 6.03 Å². The second kappa shape index (κ2) is 8.93. The Bertz CT molecular complexity index is 1200. The number of aromatic amines is 1. The summed E-state index contributed by atoms with van der Waals surface area (Å²) in [6.07, 6.45) is 5.01. The summed E-state index contributed by atoms with van der Waals surface area (Å²) in [7, 11) is 0. The molecule has 0 spiro atoms. The number of aromatic nitrogens is 3. The maximum absolute atomic E-state index is 12.6. The van der Waals surface area contributed by atoms with E-state index in [0.29, 0.717) is 23.0 Å². The van der Waals surface area contributed by atoms with Crippen molar-refractivity contribution in [3.8, 4) is 22.9 Å². The first-order valence-corrected chi connectivity index (χ1v) is 10.3. The van der Waals surface area contributed by atoms with E-state index in [2.05, 4.69) is 46.4 Å². The van der Waals surface area contributed by atoms with E-state index < -0.39 is 0 Å². The van der Waals surface area contributed by atoms with Gasteiger partial charge in [0.05, 0.1) is 18.2 Å². The molecule has 2 aromatic heterocycles. The zero-order valence-electron chi connectivity index (χ0n) is 18.2. The van der Waals surface area contributed by atoms with E-state index in [0.717, 1.165) is 16.8 Å². The molecule has 3 N–H and O–H groups in total. The van der Waals surface area contributed by atoms with Crippen LogP contribution in [0.5, 0.6) is 11.6 Å². The number of amides is 2. The van der Waals surface area contributed by atoms with Crippen LogP contribution in [0, 0.1) is 0 Å². The average molecular weight is 428 g/mol. The van der Waals surface area contributed by atoms with Crippen LogP contribution in [0.1, 0.15) is 26.3 Å². The number of urea groups is 1. The number of imidazole rings is 1. The van der Waals surface area contributed by atoms with Crippen molar-refractivity contribution in [1.29, 1.82) is 0 Å². The van der Waals surface area contributed by atoms with Gasteiger partial charge in [0.25, 0.3) is 0 Å². The Morgan fingerprint density at radius 2 is 1.75 bits per heavy atom. The number of H-pyrrole nitrogens is 1. The van der Waals surface area contributed by atoms with Crippen molar-refractivity contribution in [2.45, 2.75) is 26.2 Å². The lowest BCUT2D eigenvalue weighted by molar-refractivity contribution is 0.262. The highest BCUT2D eigenvalue weighted by Gasteiger charge is 2.20. The fraction of sp³-hybridized carbons (Fsp3) is 0.160. The molecule has 0 bridgehead atoms. The van der Waals surface area contributed by atoms with E-state index in [4.69, 9.17) is 4.74 Å². The summed E-state index contributed by atoms with van der Waals surface area (Å²) in [6, 6.07) is 18.4. The summed E-state index contributed by atoms with van der Waals surface area (Å²) >= 11 is 0. The van der Waals surface area contributed by atoms with Crippen LogP contribution in [-0.2, 0) is 5.41 Å². The Morgan fingerprint density at radius 1 is 0.969 bits per heavy atom. The molecule has 32 heavy (non-hydrogen) atoms. The zero-order valence-corrected chi connectivity index (χ0v) is 18.2. The molecular weight excluding hydrogens is 402 g/mol. The van der Waals surface area contributed by atoms with E-state index in [9.17, 15) is 4.79 Å². The summed E-state index contributed by atoms with van der Waals surface area (Å²) in [4.78, 5) is 24.0. The second-order valence-corrected chi connectivity index (χ2v) is 8.33. The Balaban J connectivity index is 1.47. The molecule has 7 heteroatoms. The number of nitrogens with one attached hydrogen (secondary N) is 3. The minimum Gasteiger partial charge on any atom is -0.437 e. The first-order valence-electron chi connectivity index (χ1n) is 10.3. The highest BCUT2D eigenvalue weighted by molar-refractivity contribution is 6.00.